The molecule has 0 aliphatic carbocycles. The van der Waals surface area contributed by atoms with Gasteiger partial charge in [-0.25, -0.2) is 0 Å². The third-order valence-corrected chi connectivity index (χ3v) is 4.43. The SMILES string of the molecule is Cc1cccc(OS(=O)(=O)c2ccc(C(N)=O)cc2)c1C. The van der Waals surface area contributed by atoms with Crippen LogP contribution in [-0.4, -0.2) is 14.3 Å². The van der Waals surface area contributed by atoms with Crippen molar-refractivity contribution in [1.29, 1.82) is 0 Å². The molecule has 5 nitrogen and oxygen atoms in total. The molecule has 0 fully saturated rings. The Bertz CT molecular complexity index is 780. The molecule has 21 heavy (non-hydrogen) atoms. The fourth-order valence-corrected chi connectivity index (χ4v) is 2.75. The lowest BCUT2D eigenvalue weighted by molar-refractivity contribution is 0.1000. The van der Waals surface area contributed by atoms with Gasteiger partial charge in [0.2, 0.25) is 5.91 Å². The number of primary amides is 1. The molecule has 0 saturated carbocycles. The quantitative estimate of drug-likeness (QED) is 0.877. The largest absolute Gasteiger partial charge is 0.379 e. The van der Waals surface area contributed by atoms with E-state index in [1.165, 1.54) is 24.3 Å². The summed E-state index contributed by atoms with van der Waals surface area (Å²) >= 11 is 0. The van der Waals surface area contributed by atoms with Crippen LogP contribution >= 0.6 is 0 Å². The average molecular weight is 305 g/mol. The Balaban J connectivity index is 2.34. The maximum atomic E-state index is 12.2. The first kappa shape index (κ1) is 15.1. The molecule has 0 spiro atoms. The van der Waals surface area contributed by atoms with E-state index >= 15 is 0 Å². The molecule has 0 saturated heterocycles. The Morgan fingerprint density at radius 1 is 1.05 bits per heavy atom. The van der Waals surface area contributed by atoms with Crippen LogP contribution in [0.3, 0.4) is 0 Å². The van der Waals surface area contributed by atoms with E-state index in [9.17, 15) is 13.2 Å². The summed E-state index contributed by atoms with van der Waals surface area (Å²) in [6.45, 7) is 3.66. The molecule has 2 aromatic rings. The Labute approximate surface area is 123 Å². The van der Waals surface area contributed by atoms with Crippen LogP contribution in [0, 0.1) is 13.8 Å². The third-order valence-electron chi connectivity index (χ3n) is 3.18. The van der Waals surface area contributed by atoms with Crippen LogP contribution in [0.5, 0.6) is 5.75 Å². The van der Waals surface area contributed by atoms with E-state index in [1.807, 2.05) is 13.0 Å². The molecule has 0 aliphatic heterocycles. The number of benzene rings is 2. The first-order chi connectivity index (χ1) is 9.81. The molecular weight excluding hydrogens is 290 g/mol. The normalized spacial score (nSPS) is 11.1. The van der Waals surface area contributed by atoms with E-state index in [1.54, 1.807) is 19.1 Å². The molecule has 6 heteroatoms. The van der Waals surface area contributed by atoms with Crippen molar-refractivity contribution < 1.29 is 17.4 Å². The number of nitrogens with two attached hydrogens (primary N) is 1. The van der Waals surface area contributed by atoms with Crippen molar-refractivity contribution in [2.24, 2.45) is 5.73 Å². The summed E-state index contributed by atoms with van der Waals surface area (Å²) in [5, 5.41) is 0. The van der Waals surface area contributed by atoms with Gasteiger partial charge in [-0.2, -0.15) is 8.42 Å². The van der Waals surface area contributed by atoms with Gasteiger partial charge in [0.25, 0.3) is 0 Å². The van der Waals surface area contributed by atoms with Crippen molar-refractivity contribution in [2.75, 3.05) is 0 Å². The number of aryl methyl sites for hydroxylation is 1. The fraction of sp³-hybridized carbons (Fsp3) is 0.133. The highest BCUT2D eigenvalue weighted by Crippen LogP contribution is 2.24. The average Bonchev–Trinajstić information content (AvgIpc) is 2.44. The maximum absolute atomic E-state index is 12.2. The van der Waals surface area contributed by atoms with Gasteiger partial charge in [-0.1, -0.05) is 12.1 Å². The highest BCUT2D eigenvalue weighted by Gasteiger charge is 2.18. The smallest absolute Gasteiger partial charge is 0.339 e. The highest BCUT2D eigenvalue weighted by molar-refractivity contribution is 7.87. The summed E-state index contributed by atoms with van der Waals surface area (Å²) in [7, 11) is -3.95. The van der Waals surface area contributed by atoms with E-state index < -0.39 is 16.0 Å². The summed E-state index contributed by atoms with van der Waals surface area (Å²) in [4.78, 5) is 10.9. The van der Waals surface area contributed by atoms with Crippen LogP contribution in [-0.2, 0) is 10.1 Å². The Kier molecular flexibility index (Phi) is 3.99. The first-order valence-electron chi connectivity index (χ1n) is 6.22. The van der Waals surface area contributed by atoms with Crippen LogP contribution in [0.15, 0.2) is 47.4 Å². The molecule has 2 aromatic carbocycles. The number of amides is 1. The second-order valence-electron chi connectivity index (χ2n) is 4.62. The number of hydrogen-bond acceptors (Lipinski definition) is 4. The summed E-state index contributed by atoms with van der Waals surface area (Å²) < 4.78 is 29.6. The van der Waals surface area contributed by atoms with Gasteiger partial charge in [-0.15, -0.1) is 0 Å². The molecule has 2 N–H and O–H groups in total. The molecule has 0 atom stereocenters. The predicted octanol–water partition coefficient (Wildman–Crippen LogP) is 2.17. The number of hydrogen-bond donors (Lipinski definition) is 1. The number of carbonyl (C=O) groups excluding carboxylic acids is 1. The number of rotatable bonds is 4. The third kappa shape index (κ3) is 3.22. The summed E-state index contributed by atoms with van der Waals surface area (Å²) in [6, 6.07) is 10.5. The van der Waals surface area contributed by atoms with Crippen molar-refractivity contribution in [3.8, 4) is 5.75 Å². The molecule has 0 aromatic heterocycles. The van der Waals surface area contributed by atoms with Crippen LogP contribution in [0.25, 0.3) is 0 Å². The molecule has 1 amide bonds. The lowest BCUT2D eigenvalue weighted by Crippen LogP contribution is -2.13. The van der Waals surface area contributed by atoms with E-state index in [4.69, 9.17) is 9.92 Å². The van der Waals surface area contributed by atoms with E-state index in [0.29, 0.717) is 0 Å². The predicted molar refractivity (Wildman–Crippen MR) is 78.7 cm³/mol. The Morgan fingerprint density at radius 2 is 1.67 bits per heavy atom. The van der Waals surface area contributed by atoms with Crippen molar-refractivity contribution in [1.82, 2.24) is 0 Å². The summed E-state index contributed by atoms with van der Waals surface area (Å²) in [5.41, 5.74) is 7.05. The molecule has 2 rings (SSSR count). The molecule has 0 radical (unpaired) electrons. The minimum absolute atomic E-state index is 0.0339. The molecule has 110 valence electrons. The molecular formula is C15H15NO4S. The van der Waals surface area contributed by atoms with E-state index in [0.717, 1.165) is 11.1 Å². The minimum Gasteiger partial charge on any atom is -0.379 e. The van der Waals surface area contributed by atoms with Crippen LogP contribution in [0.1, 0.15) is 21.5 Å². The molecule has 0 aliphatic rings. The summed E-state index contributed by atoms with van der Waals surface area (Å²) in [5.74, 6) is -0.330. The van der Waals surface area contributed by atoms with Crippen LogP contribution in [0.4, 0.5) is 0 Å². The zero-order valence-electron chi connectivity index (χ0n) is 11.7. The van der Waals surface area contributed by atoms with Gasteiger partial charge in [-0.05, 0) is 55.3 Å². The zero-order chi connectivity index (χ0) is 15.6. The van der Waals surface area contributed by atoms with Crippen molar-refractivity contribution in [2.45, 2.75) is 18.7 Å². The van der Waals surface area contributed by atoms with E-state index in [-0.39, 0.29) is 16.2 Å². The highest BCUT2D eigenvalue weighted by atomic mass is 32.2. The van der Waals surface area contributed by atoms with Crippen LogP contribution < -0.4 is 9.92 Å². The van der Waals surface area contributed by atoms with Crippen molar-refractivity contribution in [3.63, 3.8) is 0 Å². The van der Waals surface area contributed by atoms with Gasteiger partial charge < -0.3 is 9.92 Å². The monoisotopic (exact) mass is 305 g/mol. The second kappa shape index (κ2) is 5.57. The van der Waals surface area contributed by atoms with Gasteiger partial charge in [0.1, 0.15) is 10.6 Å². The fourth-order valence-electron chi connectivity index (χ4n) is 1.77. The second-order valence-corrected chi connectivity index (χ2v) is 6.17. The lowest BCUT2D eigenvalue weighted by atomic mass is 10.1. The number of carbonyl (C=O) groups is 1. The zero-order valence-corrected chi connectivity index (χ0v) is 12.5. The molecule has 0 heterocycles. The van der Waals surface area contributed by atoms with Gasteiger partial charge >= 0.3 is 10.1 Å². The van der Waals surface area contributed by atoms with Gasteiger partial charge in [-0.3, -0.25) is 4.79 Å². The molecule has 0 bridgehead atoms. The van der Waals surface area contributed by atoms with Crippen molar-refractivity contribution in [3.05, 3.63) is 59.2 Å². The first-order valence-corrected chi connectivity index (χ1v) is 7.62. The Hall–Kier alpha value is -2.34. The molecule has 0 unspecified atom stereocenters. The minimum atomic E-state index is -3.95. The van der Waals surface area contributed by atoms with Gasteiger partial charge in [0.15, 0.2) is 0 Å². The van der Waals surface area contributed by atoms with Crippen LogP contribution in [0.2, 0.25) is 0 Å². The van der Waals surface area contributed by atoms with Crippen molar-refractivity contribution >= 4 is 16.0 Å². The summed E-state index contributed by atoms with van der Waals surface area (Å²) in [6.07, 6.45) is 0. The topological polar surface area (TPSA) is 86.5 Å². The standard InChI is InChI=1S/C15H15NO4S/c1-10-4-3-5-14(11(10)2)20-21(18,19)13-8-6-12(7-9-13)15(16)17/h3-9H,1-2H3,(H2,16,17). The van der Waals surface area contributed by atoms with Gasteiger partial charge in [0, 0.05) is 5.56 Å². The van der Waals surface area contributed by atoms with E-state index in [2.05, 4.69) is 0 Å². The Morgan fingerprint density at radius 3 is 2.24 bits per heavy atom. The maximum Gasteiger partial charge on any atom is 0.339 e. The lowest BCUT2D eigenvalue weighted by Gasteiger charge is -2.11. The van der Waals surface area contributed by atoms with Gasteiger partial charge in [0.05, 0.1) is 0 Å².